The molecule has 1 aromatic heterocycles. The number of morpholine rings is 1. The fourth-order valence-electron chi connectivity index (χ4n) is 2.63. The smallest absolute Gasteiger partial charge is 0.378 e. The Morgan fingerprint density at radius 3 is 2.58 bits per heavy atom. The van der Waals surface area contributed by atoms with Crippen molar-refractivity contribution in [1.82, 2.24) is 4.98 Å². The number of alkyl halides is 3. The van der Waals surface area contributed by atoms with Gasteiger partial charge in [0.2, 0.25) is 0 Å². The van der Waals surface area contributed by atoms with E-state index in [9.17, 15) is 18.0 Å². The molecular weight excluding hydrogens is 371 g/mol. The van der Waals surface area contributed by atoms with Gasteiger partial charge in [0.25, 0.3) is 5.91 Å². The molecule has 2 heterocycles. The molecule has 1 fully saturated rings. The van der Waals surface area contributed by atoms with E-state index < -0.39 is 17.6 Å². The molecular formula is C17H15ClF3N3O2. The number of carbonyl (C=O) groups excluding carboxylic acids is 1. The number of pyridine rings is 1. The lowest BCUT2D eigenvalue weighted by molar-refractivity contribution is -0.137. The maximum Gasteiger partial charge on any atom is 0.416 e. The molecule has 5 nitrogen and oxygen atoms in total. The van der Waals surface area contributed by atoms with Gasteiger partial charge in [-0.15, -0.1) is 0 Å². The number of amides is 1. The monoisotopic (exact) mass is 385 g/mol. The maximum absolute atomic E-state index is 13.1. The first-order chi connectivity index (χ1) is 12.3. The molecule has 0 radical (unpaired) electrons. The molecule has 0 spiro atoms. The average Bonchev–Trinajstić information content (AvgIpc) is 2.61. The normalized spacial score (nSPS) is 15.0. The third-order valence-corrected chi connectivity index (χ3v) is 4.12. The predicted octanol–water partition coefficient (Wildman–Crippen LogP) is 3.84. The van der Waals surface area contributed by atoms with Crippen molar-refractivity contribution in [2.75, 3.05) is 36.5 Å². The zero-order chi connectivity index (χ0) is 18.7. The maximum atomic E-state index is 13.1. The summed E-state index contributed by atoms with van der Waals surface area (Å²) < 4.78 is 44.5. The summed E-state index contributed by atoms with van der Waals surface area (Å²) >= 11 is 5.77. The van der Waals surface area contributed by atoms with Crippen LogP contribution in [-0.2, 0) is 10.9 Å². The van der Waals surface area contributed by atoms with Crippen molar-refractivity contribution >= 4 is 28.9 Å². The summed E-state index contributed by atoms with van der Waals surface area (Å²) in [5, 5.41) is 2.68. The fourth-order valence-corrected chi connectivity index (χ4v) is 2.80. The lowest BCUT2D eigenvalue weighted by Crippen LogP contribution is -2.36. The molecule has 0 unspecified atom stereocenters. The summed E-state index contributed by atoms with van der Waals surface area (Å²) in [6, 6.07) is 6.08. The molecule has 2 aromatic rings. The van der Waals surface area contributed by atoms with Crippen LogP contribution in [0.15, 0.2) is 36.5 Å². The van der Waals surface area contributed by atoms with E-state index in [2.05, 4.69) is 10.3 Å². The molecule has 0 bridgehead atoms. The van der Waals surface area contributed by atoms with Crippen LogP contribution >= 0.6 is 11.6 Å². The SMILES string of the molecule is O=C(Nc1cc(C(F)(F)F)ccc1N1CCOCC1)c1ccnc(Cl)c1. The van der Waals surface area contributed by atoms with Gasteiger partial charge in [-0.1, -0.05) is 11.6 Å². The van der Waals surface area contributed by atoms with Crippen LogP contribution in [0.2, 0.25) is 5.15 Å². The molecule has 26 heavy (non-hydrogen) atoms. The minimum absolute atomic E-state index is 0.0830. The summed E-state index contributed by atoms with van der Waals surface area (Å²) in [5.74, 6) is -0.567. The Kier molecular flexibility index (Phi) is 5.33. The topological polar surface area (TPSA) is 54.5 Å². The Hall–Kier alpha value is -2.32. The molecule has 9 heteroatoms. The van der Waals surface area contributed by atoms with Gasteiger partial charge in [0, 0.05) is 24.8 Å². The van der Waals surface area contributed by atoms with Gasteiger partial charge in [0.1, 0.15) is 5.15 Å². The lowest BCUT2D eigenvalue weighted by Gasteiger charge is -2.31. The van der Waals surface area contributed by atoms with Gasteiger partial charge >= 0.3 is 6.18 Å². The molecule has 1 N–H and O–H groups in total. The van der Waals surface area contributed by atoms with Crippen molar-refractivity contribution in [2.24, 2.45) is 0 Å². The molecule has 1 aromatic carbocycles. The second-order valence-electron chi connectivity index (χ2n) is 5.65. The van der Waals surface area contributed by atoms with Gasteiger partial charge in [-0.3, -0.25) is 4.79 Å². The highest BCUT2D eigenvalue weighted by Crippen LogP contribution is 2.36. The molecule has 138 valence electrons. The third-order valence-electron chi connectivity index (χ3n) is 3.91. The molecule has 1 aliphatic heterocycles. The van der Waals surface area contributed by atoms with E-state index in [-0.39, 0.29) is 16.4 Å². The first kappa shape index (κ1) is 18.5. The predicted molar refractivity (Wildman–Crippen MR) is 91.7 cm³/mol. The molecule has 1 aliphatic rings. The van der Waals surface area contributed by atoms with Gasteiger partial charge in [-0.05, 0) is 30.3 Å². The van der Waals surface area contributed by atoms with Crippen molar-refractivity contribution in [3.8, 4) is 0 Å². The second-order valence-corrected chi connectivity index (χ2v) is 6.04. The number of nitrogens with one attached hydrogen (secondary N) is 1. The van der Waals surface area contributed by atoms with E-state index in [1.165, 1.54) is 24.4 Å². The van der Waals surface area contributed by atoms with Crippen LogP contribution in [0.25, 0.3) is 0 Å². The minimum Gasteiger partial charge on any atom is -0.378 e. The Morgan fingerprint density at radius 2 is 1.92 bits per heavy atom. The summed E-state index contributed by atoms with van der Waals surface area (Å²) in [7, 11) is 0. The number of hydrogen-bond donors (Lipinski definition) is 1. The Labute approximate surface area is 152 Å². The Bertz CT molecular complexity index is 808. The summed E-state index contributed by atoms with van der Waals surface area (Å²) in [6.07, 6.45) is -3.16. The highest BCUT2D eigenvalue weighted by molar-refractivity contribution is 6.29. The van der Waals surface area contributed by atoms with Gasteiger partial charge in [-0.2, -0.15) is 13.2 Å². The quantitative estimate of drug-likeness (QED) is 0.816. The van der Waals surface area contributed by atoms with E-state index in [1.807, 2.05) is 4.90 Å². The number of ether oxygens (including phenoxy) is 1. The highest BCUT2D eigenvalue weighted by atomic mass is 35.5. The average molecular weight is 386 g/mol. The zero-order valence-corrected chi connectivity index (χ0v) is 14.3. The van der Waals surface area contributed by atoms with Crippen LogP contribution < -0.4 is 10.2 Å². The van der Waals surface area contributed by atoms with E-state index in [4.69, 9.17) is 16.3 Å². The third kappa shape index (κ3) is 4.25. The number of halogens is 4. The molecule has 0 saturated carbocycles. The minimum atomic E-state index is -4.51. The van der Waals surface area contributed by atoms with Gasteiger partial charge in [-0.25, -0.2) is 4.98 Å². The van der Waals surface area contributed by atoms with Crippen LogP contribution in [0.3, 0.4) is 0 Å². The highest BCUT2D eigenvalue weighted by Gasteiger charge is 2.32. The van der Waals surface area contributed by atoms with E-state index in [1.54, 1.807) is 0 Å². The number of hydrogen-bond acceptors (Lipinski definition) is 4. The molecule has 1 saturated heterocycles. The summed E-state index contributed by atoms with van der Waals surface area (Å²) in [5.41, 5.74) is -0.0395. The first-order valence-electron chi connectivity index (χ1n) is 7.81. The van der Waals surface area contributed by atoms with Crippen LogP contribution in [-0.4, -0.2) is 37.2 Å². The first-order valence-corrected chi connectivity index (χ1v) is 8.19. The lowest BCUT2D eigenvalue weighted by atomic mass is 10.1. The zero-order valence-electron chi connectivity index (χ0n) is 13.5. The molecule has 0 atom stereocenters. The standard InChI is InChI=1S/C17H15ClF3N3O2/c18-15-9-11(3-4-22-15)16(25)23-13-10-12(17(19,20)21)1-2-14(13)24-5-7-26-8-6-24/h1-4,9-10H,5-8H2,(H,23,25). The summed E-state index contributed by atoms with van der Waals surface area (Å²) in [4.78, 5) is 18.1. The van der Waals surface area contributed by atoms with Gasteiger partial charge in [0.15, 0.2) is 0 Å². The van der Waals surface area contributed by atoms with Gasteiger partial charge in [0.05, 0.1) is 30.2 Å². The van der Waals surface area contributed by atoms with E-state index >= 15 is 0 Å². The number of rotatable bonds is 3. The number of nitrogens with zero attached hydrogens (tertiary/aromatic N) is 2. The fraction of sp³-hybridized carbons (Fsp3) is 0.294. The molecule has 3 rings (SSSR count). The largest absolute Gasteiger partial charge is 0.416 e. The van der Waals surface area contributed by atoms with E-state index in [0.29, 0.717) is 32.0 Å². The van der Waals surface area contributed by atoms with Crippen molar-refractivity contribution < 1.29 is 22.7 Å². The van der Waals surface area contributed by atoms with Crippen LogP contribution in [0.5, 0.6) is 0 Å². The van der Waals surface area contributed by atoms with E-state index in [0.717, 1.165) is 12.1 Å². The Balaban J connectivity index is 1.94. The Morgan fingerprint density at radius 1 is 1.19 bits per heavy atom. The van der Waals surface area contributed by atoms with Crippen molar-refractivity contribution in [3.05, 3.63) is 52.8 Å². The molecule has 0 aliphatic carbocycles. The van der Waals surface area contributed by atoms with Crippen LogP contribution in [0.4, 0.5) is 24.5 Å². The number of aromatic nitrogens is 1. The van der Waals surface area contributed by atoms with Gasteiger partial charge < -0.3 is 15.0 Å². The molecule has 1 amide bonds. The number of carbonyl (C=O) groups is 1. The summed E-state index contributed by atoms with van der Waals surface area (Å²) in [6.45, 7) is 1.98. The number of anilines is 2. The van der Waals surface area contributed by atoms with Crippen molar-refractivity contribution in [1.29, 1.82) is 0 Å². The van der Waals surface area contributed by atoms with Crippen LogP contribution in [0.1, 0.15) is 15.9 Å². The second kappa shape index (κ2) is 7.51. The number of benzene rings is 1. The van der Waals surface area contributed by atoms with Crippen molar-refractivity contribution in [2.45, 2.75) is 6.18 Å². The van der Waals surface area contributed by atoms with Crippen LogP contribution in [0, 0.1) is 0 Å². The van der Waals surface area contributed by atoms with Crippen molar-refractivity contribution in [3.63, 3.8) is 0 Å².